The molecule has 0 spiro atoms. The van der Waals surface area contributed by atoms with Crippen molar-refractivity contribution in [3.8, 4) is 5.75 Å². The van der Waals surface area contributed by atoms with Gasteiger partial charge in [0.1, 0.15) is 5.69 Å². The second kappa shape index (κ2) is 4.96. The zero-order valence-electron chi connectivity index (χ0n) is 9.65. The quantitative estimate of drug-likeness (QED) is 0.813. The molecular weight excluding hydrogens is 277 g/mol. The summed E-state index contributed by atoms with van der Waals surface area (Å²) < 4.78 is 6.48. The van der Waals surface area contributed by atoms with E-state index in [0.717, 1.165) is 0 Å². The van der Waals surface area contributed by atoms with Crippen molar-refractivity contribution in [2.75, 3.05) is 7.11 Å². The molecule has 0 fully saturated rings. The van der Waals surface area contributed by atoms with E-state index in [1.807, 2.05) is 0 Å². The maximum atomic E-state index is 12.3. The highest BCUT2D eigenvalue weighted by molar-refractivity contribution is 6.37. The van der Waals surface area contributed by atoms with Crippen molar-refractivity contribution in [3.05, 3.63) is 39.9 Å². The van der Waals surface area contributed by atoms with E-state index in [1.54, 1.807) is 7.05 Å². The van der Waals surface area contributed by atoms with Crippen LogP contribution in [0.5, 0.6) is 5.75 Å². The number of nitrogens with zero attached hydrogens (tertiary/aromatic N) is 3. The van der Waals surface area contributed by atoms with Gasteiger partial charge in [-0.2, -0.15) is 5.10 Å². The molecule has 0 N–H and O–H groups in total. The minimum atomic E-state index is -0.367. The predicted molar refractivity (Wildman–Crippen MR) is 67.4 cm³/mol. The lowest BCUT2D eigenvalue weighted by Crippen LogP contribution is -2.11. The molecule has 18 heavy (non-hydrogen) atoms. The molecule has 0 aromatic carbocycles. The van der Waals surface area contributed by atoms with E-state index in [2.05, 4.69) is 10.1 Å². The Morgan fingerprint density at radius 1 is 1.39 bits per heavy atom. The average molecular weight is 286 g/mol. The Labute approximate surface area is 113 Å². The minimum Gasteiger partial charge on any atom is -0.493 e. The van der Waals surface area contributed by atoms with Crippen LogP contribution >= 0.6 is 23.2 Å². The molecular formula is C11H9Cl2N3O2. The fourth-order valence-corrected chi connectivity index (χ4v) is 1.99. The zero-order valence-corrected chi connectivity index (χ0v) is 11.2. The summed E-state index contributed by atoms with van der Waals surface area (Å²) in [6.45, 7) is 0. The predicted octanol–water partition coefficient (Wildman–Crippen LogP) is 2.36. The zero-order chi connectivity index (χ0) is 13.3. The van der Waals surface area contributed by atoms with Gasteiger partial charge >= 0.3 is 0 Å². The number of hydrogen-bond donors (Lipinski definition) is 0. The number of aromatic nitrogens is 3. The fraction of sp³-hybridized carbons (Fsp3) is 0.182. The summed E-state index contributed by atoms with van der Waals surface area (Å²) in [5.41, 5.74) is 0.400. The van der Waals surface area contributed by atoms with Crippen molar-refractivity contribution in [2.45, 2.75) is 0 Å². The SMILES string of the molecule is COc1cnn(C)c1C(=O)c1ncc(Cl)cc1Cl. The first kappa shape index (κ1) is 12.9. The van der Waals surface area contributed by atoms with Gasteiger partial charge in [0.15, 0.2) is 11.4 Å². The van der Waals surface area contributed by atoms with Crippen LogP contribution in [0.3, 0.4) is 0 Å². The van der Waals surface area contributed by atoms with Gasteiger partial charge in [0.25, 0.3) is 0 Å². The van der Waals surface area contributed by atoms with Gasteiger partial charge in [-0.1, -0.05) is 23.2 Å². The van der Waals surface area contributed by atoms with Crippen molar-refractivity contribution in [3.63, 3.8) is 0 Å². The second-order valence-corrected chi connectivity index (χ2v) is 4.34. The molecule has 2 aromatic rings. The lowest BCUT2D eigenvalue weighted by Gasteiger charge is -2.05. The molecule has 0 aliphatic heterocycles. The third kappa shape index (κ3) is 2.19. The lowest BCUT2D eigenvalue weighted by molar-refractivity contribution is 0.102. The smallest absolute Gasteiger partial charge is 0.234 e. The molecule has 0 bridgehead atoms. The maximum absolute atomic E-state index is 12.3. The van der Waals surface area contributed by atoms with Crippen LogP contribution in [0.25, 0.3) is 0 Å². The van der Waals surface area contributed by atoms with Crippen LogP contribution in [-0.2, 0) is 7.05 Å². The van der Waals surface area contributed by atoms with Gasteiger partial charge in [-0.3, -0.25) is 9.48 Å². The van der Waals surface area contributed by atoms with Crippen molar-refractivity contribution in [2.24, 2.45) is 7.05 Å². The van der Waals surface area contributed by atoms with Crippen molar-refractivity contribution >= 4 is 29.0 Å². The van der Waals surface area contributed by atoms with Crippen LogP contribution in [0.15, 0.2) is 18.5 Å². The summed E-state index contributed by atoms with van der Waals surface area (Å²) in [6, 6.07) is 1.46. The van der Waals surface area contributed by atoms with E-state index < -0.39 is 0 Å². The molecule has 0 atom stereocenters. The molecule has 0 radical (unpaired) electrons. The van der Waals surface area contributed by atoms with Crippen molar-refractivity contribution in [1.82, 2.24) is 14.8 Å². The Balaban J connectivity index is 2.51. The molecule has 2 rings (SSSR count). The summed E-state index contributed by atoms with van der Waals surface area (Å²) in [5.74, 6) is 0.00355. The summed E-state index contributed by atoms with van der Waals surface area (Å²) in [7, 11) is 3.10. The molecule has 0 saturated carbocycles. The summed E-state index contributed by atoms with van der Waals surface area (Å²) in [4.78, 5) is 16.2. The van der Waals surface area contributed by atoms with Crippen LogP contribution in [0.4, 0.5) is 0 Å². The fourth-order valence-electron chi connectivity index (χ4n) is 1.52. The number of aryl methyl sites for hydroxylation is 1. The lowest BCUT2D eigenvalue weighted by atomic mass is 10.2. The molecule has 0 unspecified atom stereocenters. The Bertz CT molecular complexity index is 610. The summed E-state index contributed by atoms with van der Waals surface area (Å²) in [5, 5.41) is 4.51. The molecule has 2 aromatic heterocycles. The number of ketones is 1. The molecule has 0 aliphatic rings. The van der Waals surface area contributed by atoms with Crippen LogP contribution in [0.1, 0.15) is 16.2 Å². The molecule has 94 valence electrons. The molecule has 5 nitrogen and oxygen atoms in total. The van der Waals surface area contributed by atoms with Gasteiger partial charge < -0.3 is 4.74 Å². The van der Waals surface area contributed by atoms with Gasteiger partial charge in [0.2, 0.25) is 5.78 Å². The standard InChI is InChI=1S/C11H9Cl2N3O2/c1-16-10(8(18-2)5-15-16)11(17)9-7(13)3-6(12)4-14-9/h3-5H,1-2H3. The Morgan fingerprint density at radius 2 is 2.11 bits per heavy atom. The van der Waals surface area contributed by atoms with E-state index in [1.165, 1.54) is 30.3 Å². The van der Waals surface area contributed by atoms with Gasteiger partial charge in [-0.25, -0.2) is 4.98 Å². The molecule has 7 heteroatoms. The number of ether oxygens (including phenoxy) is 1. The van der Waals surface area contributed by atoms with Crippen molar-refractivity contribution in [1.29, 1.82) is 0 Å². The van der Waals surface area contributed by atoms with E-state index in [-0.39, 0.29) is 22.2 Å². The Kier molecular flexibility index (Phi) is 3.54. The first-order chi connectivity index (χ1) is 8.54. The van der Waals surface area contributed by atoms with Gasteiger partial charge in [0.05, 0.1) is 23.4 Å². The first-order valence-electron chi connectivity index (χ1n) is 4.96. The van der Waals surface area contributed by atoms with E-state index in [9.17, 15) is 4.79 Å². The molecule has 0 saturated heterocycles. The Hall–Kier alpha value is -1.59. The van der Waals surface area contributed by atoms with Gasteiger partial charge in [-0.15, -0.1) is 0 Å². The number of carbonyl (C=O) groups is 1. The molecule has 2 heterocycles. The number of methoxy groups -OCH3 is 1. The minimum absolute atomic E-state index is 0.114. The summed E-state index contributed by atoms with van der Waals surface area (Å²) >= 11 is 11.7. The number of carbonyl (C=O) groups excluding carboxylic acids is 1. The highest BCUT2D eigenvalue weighted by Gasteiger charge is 2.22. The van der Waals surface area contributed by atoms with E-state index in [0.29, 0.717) is 10.8 Å². The number of halogens is 2. The number of rotatable bonds is 3. The largest absolute Gasteiger partial charge is 0.493 e. The van der Waals surface area contributed by atoms with E-state index in [4.69, 9.17) is 27.9 Å². The average Bonchev–Trinajstić information content (AvgIpc) is 2.69. The third-order valence-corrected chi connectivity index (χ3v) is 2.86. The van der Waals surface area contributed by atoms with Crippen LogP contribution < -0.4 is 4.74 Å². The summed E-state index contributed by atoms with van der Waals surface area (Å²) in [6.07, 6.45) is 2.82. The van der Waals surface area contributed by atoms with Crippen molar-refractivity contribution < 1.29 is 9.53 Å². The molecule has 0 amide bonds. The van der Waals surface area contributed by atoms with Crippen LogP contribution in [-0.4, -0.2) is 27.7 Å². The second-order valence-electron chi connectivity index (χ2n) is 3.50. The normalized spacial score (nSPS) is 10.4. The number of pyridine rings is 1. The molecule has 0 aliphatic carbocycles. The number of hydrogen-bond acceptors (Lipinski definition) is 4. The van der Waals surface area contributed by atoms with E-state index >= 15 is 0 Å². The first-order valence-corrected chi connectivity index (χ1v) is 5.72. The van der Waals surface area contributed by atoms with Crippen LogP contribution in [0, 0.1) is 0 Å². The highest BCUT2D eigenvalue weighted by Crippen LogP contribution is 2.25. The highest BCUT2D eigenvalue weighted by atomic mass is 35.5. The monoisotopic (exact) mass is 285 g/mol. The topological polar surface area (TPSA) is 57.0 Å². The third-order valence-electron chi connectivity index (χ3n) is 2.36. The van der Waals surface area contributed by atoms with Gasteiger partial charge in [-0.05, 0) is 6.07 Å². The maximum Gasteiger partial charge on any atom is 0.234 e. The Morgan fingerprint density at radius 3 is 2.72 bits per heavy atom. The van der Waals surface area contributed by atoms with Crippen LogP contribution in [0.2, 0.25) is 10.0 Å². The van der Waals surface area contributed by atoms with Gasteiger partial charge in [0, 0.05) is 13.2 Å².